The summed E-state index contributed by atoms with van der Waals surface area (Å²) >= 11 is 0. The second-order valence-corrected chi connectivity index (χ2v) is 9.99. The molecule has 2 heterocycles. The molecule has 0 amide bonds. The van der Waals surface area contributed by atoms with E-state index in [0.29, 0.717) is 0 Å². The van der Waals surface area contributed by atoms with Crippen LogP contribution in [-0.2, 0) is 0 Å². The molecule has 1 atom stereocenters. The van der Waals surface area contributed by atoms with Crippen LogP contribution in [0.4, 0.5) is 0 Å². The summed E-state index contributed by atoms with van der Waals surface area (Å²) in [4.78, 5) is 0. The molecule has 1 spiro atoms. The van der Waals surface area contributed by atoms with Gasteiger partial charge in [0, 0.05) is 0 Å². The van der Waals surface area contributed by atoms with Gasteiger partial charge in [0.25, 0.3) is 0 Å². The number of hydrogen-bond acceptors (Lipinski definition) is 0. The second kappa shape index (κ2) is 4.13. The molecule has 76 valence electrons. The van der Waals surface area contributed by atoms with Gasteiger partial charge in [0.05, 0.1) is 0 Å². The molecule has 0 unspecified atom stereocenters. The summed E-state index contributed by atoms with van der Waals surface area (Å²) in [6.45, 7) is 2.26. The van der Waals surface area contributed by atoms with Gasteiger partial charge in [0.2, 0.25) is 0 Å². The van der Waals surface area contributed by atoms with Gasteiger partial charge in [-0.05, 0) is 0 Å². The predicted molar refractivity (Wildman–Crippen MR) is 64.6 cm³/mol. The Kier molecular flexibility index (Phi) is 3.09. The van der Waals surface area contributed by atoms with E-state index in [2.05, 4.69) is 19.1 Å². The Morgan fingerprint density at radius 3 is 2.54 bits per heavy atom. The van der Waals surface area contributed by atoms with Gasteiger partial charge in [0.15, 0.2) is 0 Å². The van der Waals surface area contributed by atoms with Crippen LogP contribution in [0.3, 0.4) is 0 Å². The van der Waals surface area contributed by atoms with Gasteiger partial charge < -0.3 is 0 Å². The molecule has 2 rings (SSSR count). The number of hydrogen-bond donors (Lipinski definition) is 0. The van der Waals surface area contributed by atoms with E-state index >= 15 is 0 Å². The molecule has 0 nitrogen and oxygen atoms in total. The minimum atomic E-state index is -0.531. The first kappa shape index (κ1) is 9.71. The molecule has 2 aliphatic heterocycles. The van der Waals surface area contributed by atoms with Crippen LogP contribution in [0.25, 0.3) is 0 Å². The van der Waals surface area contributed by atoms with Crippen LogP contribution in [0.5, 0.6) is 0 Å². The zero-order chi connectivity index (χ0) is 9.15. The molecule has 2 aliphatic rings. The van der Waals surface area contributed by atoms with Crippen LogP contribution < -0.4 is 0 Å². The fourth-order valence-corrected chi connectivity index (χ4v) is 7.69. The van der Waals surface area contributed by atoms with E-state index in [9.17, 15) is 0 Å². The summed E-state index contributed by atoms with van der Waals surface area (Å²) in [5, 5.41) is 0. The zero-order valence-electron chi connectivity index (χ0n) is 8.89. The van der Waals surface area contributed by atoms with Gasteiger partial charge in [-0.1, -0.05) is 0 Å². The normalized spacial score (nSPS) is 32.8. The molecule has 0 aliphatic carbocycles. The molecule has 13 heavy (non-hydrogen) atoms. The summed E-state index contributed by atoms with van der Waals surface area (Å²) in [6.07, 6.45) is 17.1. The van der Waals surface area contributed by atoms with E-state index in [4.69, 9.17) is 0 Å². The van der Waals surface area contributed by atoms with E-state index in [1.54, 1.807) is 31.3 Å². The number of allylic oxidation sites excluding steroid dienone is 2. The van der Waals surface area contributed by atoms with Crippen molar-refractivity contribution in [3.63, 3.8) is 0 Å². The quantitative estimate of drug-likeness (QED) is 0.477. The maximum atomic E-state index is 2.47. The topological polar surface area (TPSA) is 0 Å². The first-order valence-electron chi connectivity index (χ1n) is 6.02. The van der Waals surface area contributed by atoms with Crippen molar-refractivity contribution >= 4 is 7.26 Å². The summed E-state index contributed by atoms with van der Waals surface area (Å²) in [5.74, 6) is 0. The third-order valence-electron chi connectivity index (χ3n) is 4.25. The Balaban J connectivity index is 1.70. The fourth-order valence-electron chi connectivity index (χ4n) is 2.96. The van der Waals surface area contributed by atoms with E-state index in [1.165, 1.54) is 24.9 Å². The van der Waals surface area contributed by atoms with E-state index < -0.39 is 7.26 Å². The fraction of sp³-hybridized carbons (Fsp3) is 0.833. The summed E-state index contributed by atoms with van der Waals surface area (Å²) in [6, 6.07) is 0. The molecule has 0 radical (unpaired) electrons. The molecule has 0 N–H and O–H groups in total. The SMILES string of the molecule is CCC/C=C/C[C@@H]1CC[PH]12CCC2. The number of rotatable bonds is 4. The average Bonchev–Trinajstić information content (AvgIpc) is 1.99. The Morgan fingerprint density at radius 1 is 1.23 bits per heavy atom. The molecule has 2 fully saturated rings. The van der Waals surface area contributed by atoms with Crippen molar-refractivity contribution in [1.82, 2.24) is 0 Å². The Bertz CT molecular complexity index is 186. The van der Waals surface area contributed by atoms with E-state index in [0.717, 1.165) is 0 Å². The van der Waals surface area contributed by atoms with Gasteiger partial charge in [-0.3, -0.25) is 0 Å². The van der Waals surface area contributed by atoms with E-state index in [1.807, 2.05) is 0 Å². The molecule has 0 aromatic heterocycles. The van der Waals surface area contributed by atoms with Crippen LogP contribution in [0.15, 0.2) is 12.2 Å². The Labute approximate surface area is 83.1 Å². The van der Waals surface area contributed by atoms with Crippen molar-refractivity contribution in [3.8, 4) is 0 Å². The van der Waals surface area contributed by atoms with Gasteiger partial charge in [0.1, 0.15) is 0 Å². The van der Waals surface area contributed by atoms with Crippen LogP contribution in [0, 0.1) is 0 Å². The maximum absolute atomic E-state index is 2.47. The molecular formula is C12H23P. The van der Waals surface area contributed by atoms with Crippen LogP contribution in [-0.4, -0.2) is 24.1 Å². The van der Waals surface area contributed by atoms with Crippen molar-refractivity contribution in [1.29, 1.82) is 0 Å². The molecule has 0 aromatic rings. The van der Waals surface area contributed by atoms with Crippen LogP contribution >= 0.6 is 7.26 Å². The third-order valence-corrected chi connectivity index (χ3v) is 10.5. The first-order valence-corrected chi connectivity index (χ1v) is 8.72. The molecular weight excluding hydrogens is 175 g/mol. The molecule has 0 bridgehead atoms. The van der Waals surface area contributed by atoms with Crippen LogP contribution in [0.1, 0.15) is 39.0 Å². The Hall–Kier alpha value is 0.170. The van der Waals surface area contributed by atoms with Gasteiger partial charge in [-0.15, -0.1) is 0 Å². The summed E-state index contributed by atoms with van der Waals surface area (Å²) < 4.78 is 0. The third kappa shape index (κ3) is 1.84. The van der Waals surface area contributed by atoms with Crippen molar-refractivity contribution in [2.45, 2.75) is 44.7 Å². The molecule has 1 heteroatoms. The minimum absolute atomic E-state index is 0.531. The standard InChI is InChI=1S/C12H23P/c1-2-3-4-5-7-12-8-11-13(12)9-6-10-13/h4-5,12-13H,2-3,6-11H2,1H3/b5-4+/t12-/m1/s1. The van der Waals surface area contributed by atoms with Crippen LogP contribution in [0.2, 0.25) is 0 Å². The Morgan fingerprint density at radius 2 is 2.08 bits per heavy atom. The van der Waals surface area contributed by atoms with Gasteiger partial charge >= 0.3 is 82.6 Å². The van der Waals surface area contributed by atoms with Crippen molar-refractivity contribution in [2.24, 2.45) is 0 Å². The molecule has 0 aromatic carbocycles. The molecule has 0 saturated carbocycles. The van der Waals surface area contributed by atoms with Gasteiger partial charge in [-0.2, -0.15) is 0 Å². The summed E-state index contributed by atoms with van der Waals surface area (Å²) in [5.41, 5.74) is 1.20. The van der Waals surface area contributed by atoms with Crippen molar-refractivity contribution in [2.75, 3.05) is 18.5 Å². The summed E-state index contributed by atoms with van der Waals surface area (Å²) in [7, 11) is -0.531. The van der Waals surface area contributed by atoms with E-state index in [-0.39, 0.29) is 0 Å². The second-order valence-electron chi connectivity index (χ2n) is 4.95. The molecule has 2 saturated heterocycles. The van der Waals surface area contributed by atoms with Crippen molar-refractivity contribution < 1.29 is 0 Å². The predicted octanol–water partition coefficient (Wildman–Crippen LogP) is 3.66. The number of unbranched alkanes of at least 4 members (excludes halogenated alkanes) is 1. The van der Waals surface area contributed by atoms with Crippen molar-refractivity contribution in [3.05, 3.63) is 12.2 Å². The zero-order valence-corrected chi connectivity index (χ0v) is 9.89. The first-order chi connectivity index (χ1) is 6.37. The average molecular weight is 198 g/mol. The van der Waals surface area contributed by atoms with Gasteiger partial charge in [-0.25, -0.2) is 0 Å². The monoisotopic (exact) mass is 198 g/mol.